The Hall–Kier alpha value is -5.87. The number of ether oxygens (including phenoxy) is 1. The lowest BCUT2D eigenvalue weighted by Gasteiger charge is -2.34. The predicted octanol–water partition coefficient (Wildman–Crippen LogP) is 8.27. The number of thiazole rings is 1. The number of H-pyrrole nitrogens is 2. The van der Waals surface area contributed by atoms with Gasteiger partial charge < -0.3 is 14.7 Å². The van der Waals surface area contributed by atoms with Crippen molar-refractivity contribution in [3.63, 3.8) is 0 Å². The van der Waals surface area contributed by atoms with Gasteiger partial charge >= 0.3 is 11.9 Å². The molecule has 64 heavy (non-hydrogen) atoms. The Kier molecular flexibility index (Phi) is 15.1. The van der Waals surface area contributed by atoms with Crippen LogP contribution in [0.25, 0.3) is 21.6 Å². The average Bonchev–Trinajstić information content (AvgIpc) is 4.15. The first-order valence-corrected chi connectivity index (χ1v) is 23.8. The number of nitrogens with one attached hydrogen (secondary N) is 2. The molecule has 0 spiro atoms. The number of rotatable bonds is 20. The van der Waals surface area contributed by atoms with Gasteiger partial charge in [-0.05, 0) is 97.7 Å². The second-order valence-corrected chi connectivity index (χ2v) is 18.3. The number of tetrazole rings is 2. The van der Waals surface area contributed by atoms with E-state index in [0.29, 0.717) is 50.4 Å². The van der Waals surface area contributed by atoms with Gasteiger partial charge in [0.15, 0.2) is 16.8 Å². The number of benzene rings is 3. The number of aromatic amines is 2. The zero-order valence-electron chi connectivity index (χ0n) is 36.8. The van der Waals surface area contributed by atoms with Crippen LogP contribution in [-0.4, -0.2) is 100 Å². The van der Waals surface area contributed by atoms with Gasteiger partial charge in [-0.15, -0.1) is 20.4 Å². The Morgan fingerprint density at radius 1 is 0.781 bits per heavy atom. The second kappa shape index (κ2) is 21.7. The lowest BCUT2D eigenvalue weighted by Crippen LogP contribution is -2.41. The van der Waals surface area contributed by atoms with Crippen LogP contribution in [0.5, 0.6) is 0 Å². The molecule has 2 aliphatic heterocycles. The SMILES string of the molecule is CCC[C@H](C(=O)O)[C@H](Cc1ccc(-c2ccccc2CN2CCCC(OC(=O)[C@@H](CCC)[C@H](Cc3ccc(-c4cnc(N5CCCCC5)s4)cc3)c3nn[nH]n3)C2)cc1)c1nn[nH]n1. The molecular formula is C48H59N11O4S. The fourth-order valence-electron chi connectivity index (χ4n) is 9.53. The average molecular weight is 886 g/mol. The van der Waals surface area contributed by atoms with E-state index in [9.17, 15) is 14.7 Å². The van der Waals surface area contributed by atoms with Gasteiger partial charge in [0.2, 0.25) is 0 Å². The molecule has 0 amide bonds. The molecule has 6 aromatic rings. The molecule has 1 unspecified atom stereocenters. The van der Waals surface area contributed by atoms with Crippen molar-refractivity contribution in [2.75, 3.05) is 31.1 Å². The van der Waals surface area contributed by atoms with E-state index < -0.39 is 23.7 Å². The minimum Gasteiger partial charge on any atom is -0.481 e. The summed E-state index contributed by atoms with van der Waals surface area (Å²) < 4.78 is 6.43. The van der Waals surface area contributed by atoms with Gasteiger partial charge in [-0.3, -0.25) is 14.5 Å². The Morgan fingerprint density at radius 3 is 2.03 bits per heavy atom. The fourth-order valence-corrected chi connectivity index (χ4v) is 10.5. The molecule has 8 rings (SSSR count). The molecular weight excluding hydrogens is 827 g/mol. The van der Waals surface area contributed by atoms with E-state index in [1.807, 2.05) is 13.1 Å². The molecule has 16 heteroatoms. The summed E-state index contributed by atoms with van der Waals surface area (Å²) in [6, 6.07) is 25.3. The van der Waals surface area contributed by atoms with Crippen molar-refractivity contribution in [1.29, 1.82) is 0 Å². The maximum Gasteiger partial charge on any atom is 0.310 e. The molecule has 2 saturated heterocycles. The zero-order chi connectivity index (χ0) is 44.3. The Labute approximate surface area is 378 Å². The first-order valence-electron chi connectivity index (χ1n) is 23.0. The maximum absolute atomic E-state index is 14.3. The lowest BCUT2D eigenvalue weighted by molar-refractivity contribution is -0.158. The topological polar surface area (TPSA) is 192 Å². The summed E-state index contributed by atoms with van der Waals surface area (Å²) in [6.07, 6.45) is 11.0. The molecule has 2 fully saturated rings. The Morgan fingerprint density at radius 2 is 1.41 bits per heavy atom. The maximum atomic E-state index is 14.3. The molecule has 5 atom stereocenters. The van der Waals surface area contributed by atoms with Gasteiger partial charge in [0.05, 0.1) is 16.7 Å². The highest BCUT2D eigenvalue weighted by Crippen LogP contribution is 2.36. The van der Waals surface area contributed by atoms with E-state index in [1.165, 1.54) is 24.8 Å². The summed E-state index contributed by atoms with van der Waals surface area (Å²) in [7, 11) is 0. The second-order valence-electron chi connectivity index (χ2n) is 17.3. The lowest BCUT2D eigenvalue weighted by atomic mass is 9.83. The largest absolute Gasteiger partial charge is 0.481 e. The van der Waals surface area contributed by atoms with Gasteiger partial charge in [0.1, 0.15) is 6.10 Å². The van der Waals surface area contributed by atoms with Crippen molar-refractivity contribution in [3.8, 4) is 21.6 Å². The number of hydrogen-bond acceptors (Lipinski definition) is 13. The van der Waals surface area contributed by atoms with Gasteiger partial charge in [0.25, 0.3) is 0 Å². The van der Waals surface area contributed by atoms with E-state index in [4.69, 9.17) is 9.72 Å². The van der Waals surface area contributed by atoms with E-state index >= 15 is 0 Å². The third-order valence-electron chi connectivity index (χ3n) is 12.9. The Bertz CT molecular complexity index is 2370. The van der Waals surface area contributed by atoms with Crippen molar-refractivity contribution in [2.45, 2.75) is 109 Å². The summed E-state index contributed by atoms with van der Waals surface area (Å²) in [5, 5.41) is 41.0. The standard InChI is InChI=1S/C48H59N11O4S/c1-3-11-39(46(60)61)41(44-50-54-55-51-44)27-32-16-20-34(21-17-32)38-15-7-6-13-36(38)30-58-24-10-14-37(31-58)63-47(62)40(12-4-2)42(45-52-56-57-53-45)28-33-18-22-35(23-19-33)43-29-49-48(64-43)59-25-8-5-9-26-59/h6-7,13,15-23,29,37,39-42H,3-5,8-12,14,24-28,30-31H2,1-2H3,(H,60,61)(H,50,51,54,55)(H,52,53,56,57)/t37?,39-,40-,41-,42-/m0/s1. The number of anilines is 1. The third kappa shape index (κ3) is 11.1. The minimum absolute atomic E-state index is 0.207. The summed E-state index contributed by atoms with van der Waals surface area (Å²) in [6.45, 7) is 8.48. The van der Waals surface area contributed by atoms with Crippen molar-refractivity contribution >= 4 is 28.4 Å². The van der Waals surface area contributed by atoms with Gasteiger partial charge in [-0.1, -0.05) is 121 Å². The number of carbonyl (C=O) groups is 2. The summed E-state index contributed by atoms with van der Waals surface area (Å²) in [5.74, 6) is -1.86. The minimum atomic E-state index is -0.850. The van der Waals surface area contributed by atoms with Crippen molar-refractivity contribution in [1.82, 2.24) is 51.1 Å². The predicted molar refractivity (Wildman–Crippen MR) is 246 cm³/mol. The molecule has 3 aromatic carbocycles. The number of carboxylic acid groups (broad SMARTS) is 1. The molecule has 0 saturated carbocycles. The van der Waals surface area contributed by atoms with Crippen molar-refractivity contribution < 1.29 is 19.4 Å². The Balaban J connectivity index is 0.914. The monoisotopic (exact) mass is 885 g/mol. The first kappa shape index (κ1) is 44.7. The highest BCUT2D eigenvalue weighted by atomic mass is 32.1. The first-order chi connectivity index (χ1) is 31.4. The molecule has 2 aliphatic rings. The molecule has 0 bridgehead atoms. The number of esters is 1. The summed E-state index contributed by atoms with van der Waals surface area (Å²) in [5.41, 5.74) is 6.63. The highest BCUT2D eigenvalue weighted by Gasteiger charge is 2.36. The molecule has 15 nitrogen and oxygen atoms in total. The van der Waals surface area contributed by atoms with Gasteiger partial charge in [-0.2, -0.15) is 10.4 Å². The summed E-state index contributed by atoms with van der Waals surface area (Å²) in [4.78, 5) is 37.2. The molecule has 0 aliphatic carbocycles. The summed E-state index contributed by atoms with van der Waals surface area (Å²) >= 11 is 1.74. The van der Waals surface area contributed by atoms with Crippen LogP contribution in [0.3, 0.4) is 0 Å². The normalized spacial score (nSPS) is 17.7. The number of hydrogen-bond donors (Lipinski definition) is 3. The van der Waals surface area contributed by atoms with Gasteiger partial charge in [0, 0.05) is 44.2 Å². The quantitative estimate of drug-likeness (QED) is 0.0622. The van der Waals surface area contributed by atoms with E-state index in [1.54, 1.807) is 11.3 Å². The zero-order valence-corrected chi connectivity index (χ0v) is 37.6. The highest BCUT2D eigenvalue weighted by molar-refractivity contribution is 7.18. The van der Waals surface area contributed by atoms with E-state index in [2.05, 4.69) is 131 Å². The van der Waals surface area contributed by atoms with E-state index in [0.717, 1.165) is 83.1 Å². The smallest absolute Gasteiger partial charge is 0.310 e. The number of carbonyl (C=O) groups excluding carboxylic acids is 1. The van der Waals surface area contributed by atoms with Crippen LogP contribution in [0.2, 0.25) is 0 Å². The van der Waals surface area contributed by atoms with Crippen LogP contribution < -0.4 is 4.90 Å². The fraction of sp³-hybridized carbons (Fsp3) is 0.479. The molecule has 3 aromatic heterocycles. The molecule has 5 heterocycles. The number of carboxylic acids is 1. The van der Waals surface area contributed by atoms with Crippen LogP contribution in [0.4, 0.5) is 5.13 Å². The number of nitrogens with zero attached hydrogens (tertiary/aromatic N) is 9. The molecule has 336 valence electrons. The van der Waals surface area contributed by atoms with Gasteiger partial charge in [-0.25, -0.2) is 4.98 Å². The van der Waals surface area contributed by atoms with Crippen LogP contribution in [-0.2, 0) is 33.7 Å². The molecule has 3 N–H and O–H groups in total. The molecule has 0 radical (unpaired) electrons. The van der Waals surface area contributed by atoms with Crippen LogP contribution >= 0.6 is 11.3 Å². The number of likely N-dealkylation sites (tertiary alicyclic amines) is 1. The van der Waals surface area contributed by atoms with Crippen molar-refractivity contribution in [2.24, 2.45) is 11.8 Å². The number of aliphatic carboxylic acids is 1. The van der Waals surface area contributed by atoms with Crippen LogP contribution in [0.15, 0.2) is 79.0 Å². The number of aromatic nitrogens is 9. The third-order valence-corrected chi connectivity index (χ3v) is 14.0. The van der Waals surface area contributed by atoms with Crippen molar-refractivity contribution in [3.05, 3.63) is 107 Å². The van der Waals surface area contributed by atoms with E-state index in [-0.39, 0.29) is 18.0 Å². The van der Waals surface area contributed by atoms with Crippen LogP contribution in [0.1, 0.15) is 112 Å². The van der Waals surface area contributed by atoms with Crippen LogP contribution in [0, 0.1) is 11.8 Å². The number of piperidine rings is 2.